The Morgan fingerprint density at radius 2 is 1.68 bits per heavy atom. The molecular weight excluding hydrogens is 276 g/mol. The van der Waals surface area contributed by atoms with Crippen molar-refractivity contribution in [3.8, 4) is 23.6 Å². The van der Waals surface area contributed by atoms with E-state index < -0.39 is 0 Å². The van der Waals surface area contributed by atoms with E-state index in [1.54, 1.807) is 30.9 Å². The van der Waals surface area contributed by atoms with E-state index in [1.807, 2.05) is 19.9 Å². The van der Waals surface area contributed by atoms with Gasteiger partial charge in [0, 0.05) is 0 Å². The fourth-order valence-electron chi connectivity index (χ4n) is 2.20. The molecule has 4 nitrogen and oxygen atoms in total. The first kappa shape index (κ1) is 15.4. The number of rotatable bonds is 4. The number of methoxy groups -OCH3 is 1. The number of benzene rings is 2. The second-order valence-electron chi connectivity index (χ2n) is 4.94. The van der Waals surface area contributed by atoms with Gasteiger partial charge in [-0.1, -0.05) is 6.07 Å². The van der Waals surface area contributed by atoms with Gasteiger partial charge in [0.05, 0.1) is 24.3 Å². The van der Waals surface area contributed by atoms with Crippen molar-refractivity contribution < 1.29 is 9.47 Å². The second kappa shape index (κ2) is 6.65. The van der Waals surface area contributed by atoms with Gasteiger partial charge in [0.15, 0.2) is 18.1 Å². The van der Waals surface area contributed by atoms with E-state index in [1.165, 1.54) is 7.11 Å². The Morgan fingerprint density at radius 1 is 0.955 bits per heavy atom. The Hall–Kier alpha value is -2.98. The van der Waals surface area contributed by atoms with Crippen molar-refractivity contribution in [2.75, 3.05) is 7.11 Å². The van der Waals surface area contributed by atoms with E-state index in [4.69, 9.17) is 20.0 Å². The highest BCUT2D eigenvalue weighted by Gasteiger charge is 2.12. The van der Waals surface area contributed by atoms with Crippen molar-refractivity contribution in [3.63, 3.8) is 0 Å². The molecule has 109 valence electrons. The van der Waals surface area contributed by atoms with E-state index >= 15 is 0 Å². The molecule has 0 spiro atoms. The van der Waals surface area contributed by atoms with Crippen molar-refractivity contribution in [2.45, 2.75) is 13.8 Å². The first-order chi connectivity index (χ1) is 10.6. The molecule has 0 aliphatic rings. The van der Waals surface area contributed by atoms with Crippen molar-refractivity contribution in [3.05, 3.63) is 64.8 Å². The van der Waals surface area contributed by atoms with Gasteiger partial charge in [-0.15, -0.1) is 0 Å². The van der Waals surface area contributed by atoms with E-state index in [-0.39, 0.29) is 0 Å². The van der Waals surface area contributed by atoms with Crippen LogP contribution in [0.2, 0.25) is 0 Å². The molecular formula is C18H15N2O2. The fourth-order valence-corrected chi connectivity index (χ4v) is 2.20. The highest BCUT2D eigenvalue weighted by molar-refractivity contribution is 5.55. The molecule has 0 unspecified atom stereocenters. The van der Waals surface area contributed by atoms with Gasteiger partial charge < -0.3 is 9.47 Å². The zero-order chi connectivity index (χ0) is 16.1. The van der Waals surface area contributed by atoms with Crippen LogP contribution in [0.25, 0.3) is 0 Å². The zero-order valence-electron chi connectivity index (χ0n) is 12.7. The minimum Gasteiger partial charge on any atom is -0.492 e. The SMILES string of the molecule is COc1c(C#N)cc(C)cc1O[CH]c1cc(C)cc(C#N)c1. The van der Waals surface area contributed by atoms with Crippen LogP contribution in [0.4, 0.5) is 0 Å². The van der Waals surface area contributed by atoms with Gasteiger partial charge in [-0.2, -0.15) is 10.5 Å². The smallest absolute Gasteiger partial charge is 0.178 e. The summed E-state index contributed by atoms with van der Waals surface area (Å²) in [7, 11) is 1.50. The summed E-state index contributed by atoms with van der Waals surface area (Å²) in [6.45, 7) is 5.35. The van der Waals surface area contributed by atoms with Crippen LogP contribution in [0.15, 0.2) is 30.3 Å². The summed E-state index contributed by atoms with van der Waals surface area (Å²) in [6.07, 6.45) is 0. The first-order valence-corrected chi connectivity index (χ1v) is 6.67. The third kappa shape index (κ3) is 3.37. The summed E-state index contributed by atoms with van der Waals surface area (Å²) in [5.41, 5.74) is 3.65. The van der Waals surface area contributed by atoms with Crippen LogP contribution < -0.4 is 9.47 Å². The molecule has 2 rings (SSSR count). The first-order valence-electron chi connectivity index (χ1n) is 6.67. The molecule has 22 heavy (non-hydrogen) atoms. The summed E-state index contributed by atoms with van der Waals surface area (Å²) >= 11 is 0. The van der Waals surface area contributed by atoms with Gasteiger partial charge >= 0.3 is 0 Å². The molecule has 0 amide bonds. The molecule has 2 aromatic carbocycles. The molecule has 0 heterocycles. The van der Waals surface area contributed by atoms with Crippen molar-refractivity contribution in [1.29, 1.82) is 10.5 Å². The minimum absolute atomic E-state index is 0.400. The topological polar surface area (TPSA) is 66.0 Å². The van der Waals surface area contributed by atoms with Gasteiger partial charge in [-0.05, 0) is 54.8 Å². The fraction of sp³-hybridized carbons (Fsp3) is 0.167. The Bertz CT molecular complexity index is 783. The van der Waals surface area contributed by atoms with Crippen LogP contribution in [0.5, 0.6) is 11.5 Å². The lowest BCUT2D eigenvalue weighted by Crippen LogP contribution is -1.99. The molecule has 0 aliphatic heterocycles. The quantitative estimate of drug-likeness (QED) is 0.862. The lowest BCUT2D eigenvalue weighted by atomic mass is 10.1. The third-order valence-corrected chi connectivity index (χ3v) is 3.07. The predicted molar refractivity (Wildman–Crippen MR) is 82.4 cm³/mol. The molecule has 0 bridgehead atoms. The number of ether oxygens (including phenoxy) is 2. The van der Waals surface area contributed by atoms with Gasteiger partial charge in [0.2, 0.25) is 0 Å². The van der Waals surface area contributed by atoms with Crippen LogP contribution in [0.1, 0.15) is 27.8 Å². The molecule has 4 heteroatoms. The van der Waals surface area contributed by atoms with Gasteiger partial charge in [-0.3, -0.25) is 0 Å². The van der Waals surface area contributed by atoms with E-state index in [9.17, 15) is 0 Å². The van der Waals surface area contributed by atoms with E-state index in [0.29, 0.717) is 22.6 Å². The lowest BCUT2D eigenvalue weighted by molar-refractivity contribution is 0.360. The standard InChI is InChI=1S/C18H15N2O2/c1-12-4-14(9-19)8-15(5-12)11-22-17-7-13(2)6-16(10-20)18(17)21-3/h4-8,11H,1-3H3. The van der Waals surface area contributed by atoms with Crippen molar-refractivity contribution >= 4 is 0 Å². The third-order valence-electron chi connectivity index (χ3n) is 3.07. The van der Waals surface area contributed by atoms with Crippen molar-refractivity contribution in [2.24, 2.45) is 0 Å². The average molecular weight is 291 g/mol. The Labute approximate surface area is 130 Å². The molecule has 2 aromatic rings. The minimum atomic E-state index is 0.400. The maximum Gasteiger partial charge on any atom is 0.178 e. The Balaban J connectivity index is 2.29. The number of nitrogens with zero attached hydrogens (tertiary/aromatic N) is 2. The average Bonchev–Trinajstić information content (AvgIpc) is 2.51. The molecule has 0 aliphatic carbocycles. The monoisotopic (exact) mass is 291 g/mol. The molecule has 0 N–H and O–H groups in total. The normalized spacial score (nSPS) is 9.68. The summed E-state index contributed by atoms with van der Waals surface area (Å²) in [5, 5.41) is 18.2. The second-order valence-corrected chi connectivity index (χ2v) is 4.94. The number of aryl methyl sites for hydroxylation is 2. The summed E-state index contributed by atoms with van der Waals surface area (Å²) in [6, 6.07) is 13.2. The van der Waals surface area contributed by atoms with Crippen LogP contribution in [0, 0.1) is 43.1 Å². The largest absolute Gasteiger partial charge is 0.492 e. The molecule has 1 radical (unpaired) electrons. The highest BCUT2D eigenvalue weighted by atomic mass is 16.5. The highest BCUT2D eigenvalue weighted by Crippen LogP contribution is 2.33. The predicted octanol–water partition coefficient (Wildman–Crippen LogP) is 3.64. The summed E-state index contributed by atoms with van der Waals surface area (Å²) in [4.78, 5) is 0. The van der Waals surface area contributed by atoms with Gasteiger partial charge in [0.25, 0.3) is 0 Å². The van der Waals surface area contributed by atoms with E-state index in [0.717, 1.165) is 16.7 Å². The van der Waals surface area contributed by atoms with Crippen LogP contribution >= 0.6 is 0 Å². The van der Waals surface area contributed by atoms with Crippen molar-refractivity contribution in [1.82, 2.24) is 0 Å². The van der Waals surface area contributed by atoms with Gasteiger partial charge in [-0.25, -0.2) is 0 Å². The Morgan fingerprint density at radius 3 is 2.32 bits per heavy atom. The maximum absolute atomic E-state index is 9.16. The molecule has 0 saturated heterocycles. The van der Waals surface area contributed by atoms with Crippen LogP contribution in [-0.4, -0.2) is 7.11 Å². The lowest BCUT2D eigenvalue weighted by Gasteiger charge is -2.12. The number of hydrogen-bond donors (Lipinski definition) is 0. The number of nitriles is 2. The maximum atomic E-state index is 9.16. The van der Waals surface area contributed by atoms with Crippen LogP contribution in [0.3, 0.4) is 0 Å². The zero-order valence-corrected chi connectivity index (χ0v) is 12.7. The van der Waals surface area contributed by atoms with Gasteiger partial charge in [0.1, 0.15) is 6.07 Å². The molecule has 0 atom stereocenters. The number of hydrogen-bond acceptors (Lipinski definition) is 4. The summed E-state index contributed by atoms with van der Waals surface area (Å²) < 4.78 is 10.9. The summed E-state index contributed by atoms with van der Waals surface area (Å²) in [5.74, 6) is 0.872. The van der Waals surface area contributed by atoms with Crippen LogP contribution in [-0.2, 0) is 0 Å². The molecule has 0 fully saturated rings. The van der Waals surface area contributed by atoms with E-state index in [2.05, 4.69) is 12.1 Å². The Kier molecular flexibility index (Phi) is 4.66. The molecule has 0 aromatic heterocycles. The molecule has 0 saturated carbocycles.